The monoisotopic (exact) mass is 687 g/mol. The molecule has 1 aromatic heterocycles. The van der Waals surface area contributed by atoms with Crippen LogP contribution in [0.5, 0.6) is 5.75 Å². The normalized spacial score (nSPS) is 18.2. The molecule has 0 bridgehead atoms. The smallest absolute Gasteiger partial charge is 0.269 e. The molecule has 2 aliphatic rings. The van der Waals surface area contributed by atoms with Gasteiger partial charge in [-0.15, -0.1) is 0 Å². The molecule has 8 heteroatoms. The van der Waals surface area contributed by atoms with Crippen molar-refractivity contribution < 1.29 is 14.3 Å². The largest absolute Gasteiger partial charge is 0.497 e. The van der Waals surface area contributed by atoms with Gasteiger partial charge < -0.3 is 14.5 Å². The maximum absolute atomic E-state index is 12.6. The SMILES string of the molecule is CCCCN1C(=CC=CC=CC=CC2N(CCCC(=O)NNC(=O)c3ccncc3)c3ccc(C)cc3C2(C)C)C(C)(C)c2cc(OC)ccc21. The molecule has 0 radical (unpaired) electrons. The van der Waals surface area contributed by atoms with Crippen molar-refractivity contribution in [2.75, 3.05) is 30.0 Å². The van der Waals surface area contributed by atoms with Crippen LogP contribution in [0.1, 0.15) is 87.4 Å². The lowest BCUT2D eigenvalue weighted by atomic mass is 9.80. The van der Waals surface area contributed by atoms with Gasteiger partial charge in [0.15, 0.2) is 0 Å². The number of allylic oxidation sites excluding steroid dienone is 7. The molecule has 2 aromatic carbocycles. The number of nitrogens with one attached hydrogen (secondary N) is 2. The number of nitrogens with zero attached hydrogens (tertiary/aromatic N) is 3. The highest BCUT2D eigenvalue weighted by Gasteiger charge is 2.43. The van der Waals surface area contributed by atoms with Crippen LogP contribution in [0.2, 0.25) is 0 Å². The first-order valence-corrected chi connectivity index (χ1v) is 18.0. The van der Waals surface area contributed by atoms with Crippen molar-refractivity contribution >= 4 is 23.2 Å². The highest BCUT2D eigenvalue weighted by molar-refractivity contribution is 5.95. The van der Waals surface area contributed by atoms with Gasteiger partial charge >= 0.3 is 0 Å². The minimum absolute atomic E-state index is 0.112. The number of carbonyl (C=O) groups excluding carboxylic acids is 2. The second kappa shape index (κ2) is 16.3. The summed E-state index contributed by atoms with van der Waals surface area (Å²) < 4.78 is 5.56. The van der Waals surface area contributed by atoms with Gasteiger partial charge in [-0.25, -0.2) is 0 Å². The van der Waals surface area contributed by atoms with Gasteiger partial charge in [0.1, 0.15) is 5.75 Å². The molecule has 1 unspecified atom stereocenters. The van der Waals surface area contributed by atoms with Gasteiger partial charge in [0.2, 0.25) is 5.91 Å². The second-order valence-electron chi connectivity index (χ2n) is 14.4. The molecule has 2 amide bonds. The lowest BCUT2D eigenvalue weighted by Crippen LogP contribution is -2.43. The van der Waals surface area contributed by atoms with E-state index in [-0.39, 0.29) is 35.1 Å². The number of carbonyl (C=O) groups is 2. The van der Waals surface area contributed by atoms with Crippen LogP contribution < -0.4 is 25.4 Å². The van der Waals surface area contributed by atoms with E-state index in [4.69, 9.17) is 4.74 Å². The molecule has 2 N–H and O–H groups in total. The summed E-state index contributed by atoms with van der Waals surface area (Å²) in [5.74, 6) is 0.290. The number of anilines is 2. The number of methoxy groups -OCH3 is 1. The van der Waals surface area contributed by atoms with Crippen molar-refractivity contribution in [1.82, 2.24) is 15.8 Å². The van der Waals surface area contributed by atoms with E-state index in [0.717, 1.165) is 25.1 Å². The molecule has 0 aliphatic carbocycles. The van der Waals surface area contributed by atoms with Gasteiger partial charge in [0, 0.05) is 65.4 Å². The number of unbranched alkanes of at least 4 members (excludes halogenated alkanes) is 1. The Morgan fingerprint density at radius 2 is 1.59 bits per heavy atom. The van der Waals surface area contributed by atoms with Crippen molar-refractivity contribution in [1.29, 1.82) is 0 Å². The zero-order valence-corrected chi connectivity index (χ0v) is 31.2. The van der Waals surface area contributed by atoms with E-state index in [0.29, 0.717) is 18.5 Å². The number of fused-ring (bicyclic) bond motifs is 2. The Labute approximate surface area is 304 Å². The zero-order valence-electron chi connectivity index (χ0n) is 31.2. The number of aryl methyl sites for hydroxylation is 1. The third kappa shape index (κ3) is 8.28. The summed E-state index contributed by atoms with van der Waals surface area (Å²) in [5.41, 5.74) is 12.8. The molecule has 1 atom stereocenters. The molecule has 0 saturated heterocycles. The van der Waals surface area contributed by atoms with E-state index < -0.39 is 0 Å². The number of amides is 2. The predicted octanol–water partition coefficient (Wildman–Crippen LogP) is 8.26. The van der Waals surface area contributed by atoms with Gasteiger partial charge in [-0.1, -0.05) is 95.2 Å². The summed E-state index contributed by atoms with van der Waals surface area (Å²) in [6, 6.07) is 16.4. The van der Waals surface area contributed by atoms with Gasteiger partial charge in [-0.3, -0.25) is 25.4 Å². The summed E-state index contributed by atoms with van der Waals surface area (Å²) in [5, 5.41) is 0. The molecular formula is C43H53N5O3. The maximum Gasteiger partial charge on any atom is 0.269 e. The Bertz CT molecular complexity index is 1820. The topological polar surface area (TPSA) is 86.8 Å². The van der Waals surface area contributed by atoms with Gasteiger partial charge in [0.25, 0.3) is 5.91 Å². The third-order valence-electron chi connectivity index (χ3n) is 10.1. The average Bonchev–Trinajstić information content (AvgIpc) is 3.46. The molecule has 5 rings (SSSR count). The summed E-state index contributed by atoms with van der Waals surface area (Å²) in [6.07, 6.45) is 21.3. The lowest BCUT2D eigenvalue weighted by molar-refractivity contribution is -0.121. The fourth-order valence-corrected chi connectivity index (χ4v) is 7.24. The fourth-order valence-electron chi connectivity index (χ4n) is 7.24. The first-order valence-electron chi connectivity index (χ1n) is 18.0. The Morgan fingerprint density at radius 1 is 0.863 bits per heavy atom. The number of hydrogen-bond acceptors (Lipinski definition) is 6. The van der Waals surface area contributed by atoms with Crippen molar-refractivity contribution in [3.8, 4) is 5.75 Å². The van der Waals surface area contributed by atoms with E-state index in [2.05, 4.69) is 146 Å². The van der Waals surface area contributed by atoms with Gasteiger partial charge in [-0.2, -0.15) is 0 Å². The van der Waals surface area contributed by atoms with Crippen molar-refractivity contribution in [3.63, 3.8) is 0 Å². The van der Waals surface area contributed by atoms with Crippen LogP contribution in [-0.2, 0) is 15.6 Å². The van der Waals surface area contributed by atoms with E-state index in [1.54, 1.807) is 31.6 Å². The number of hydrogen-bond donors (Lipinski definition) is 2. The Hall–Kier alpha value is -5.11. The molecule has 51 heavy (non-hydrogen) atoms. The third-order valence-corrected chi connectivity index (χ3v) is 10.1. The first kappa shape index (κ1) is 37.2. The maximum atomic E-state index is 12.6. The van der Waals surface area contributed by atoms with Crippen LogP contribution in [0.15, 0.2) is 109 Å². The van der Waals surface area contributed by atoms with E-state index in [1.807, 2.05) is 0 Å². The number of hydrazine groups is 1. The molecule has 8 nitrogen and oxygen atoms in total. The first-order chi connectivity index (χ1) is 24.5. The van der Waals surface area contributed by atoms with Crippen molar-refractivity contribution in [2.24, 2.45) is 0 Å². The summed E-state index contributed by atoms with van der Waals surface area (Å²) in [6.45, 7) is 15.2. The summed E-state index contributed by atoms with van der Waals surface area (Å²) >= 11 is 0. The quantitative estimate of drug-likeness (QED) is 0.139. The molecule has 3 heterocycles. The second-order valence-corrected chi connectivity index (χ2v) is 14.4. The number of aromatic nitrogens is 1. The van der Waals surface area contributed by atoms with Crippen molar-refractivity contribution in [2.45, 2.75) is 84.1 Å². The Morgan fingerprint density at radius 3 is 2.33 bits per heavy atom. The van der Waals surface area contributed by atoms with E-state index in [1.165, 1.54) is 33.8 Å². The average molecular weight is 688 g/mol. The van der Waals surface area contributed by atoms with Crippen LogP contribution in [0, 0.1) is 6.92 Å². The molecule has 0 spiro atoms. The standard InChI is InChI=1S/C43H53N5O3/c1-8-9-27-47-37-22-20-33(51-7)30-35(37)43(5,6)39(47)17-14-12-10-11-13-16-38-42(3,4)34-29-31(2)19-21-36(34)48(38)28-15-18-40(49)45-46-41(50)32-23-25-44-26-24-32/h10-14,16-17,19-26,29-30,38H,8-9,15,18,27-28H2,1-7H3,(H,45,49)(H,46,50). The summed E-state index contributed by atoms with van der Waals surface area (Å²) in [4.78, 5) is 33.7. The van der Waals surface area contributed by atoms with Crippen molar-refractivity contribution in [3.05, 3.63) is 131 Å². The predicted molar refractivity (Wildman–Crippen MR) is 208 cm³/mol. The minimum Gasteiger partial charge on any atom is -0.497 e. The van der Waals surface area contributed by atoms with E-state index in [9.17, 15) is 9.59 Å². The van der Waals surface area contributed by atoms with Crippen LogP contribution >= 0.6 is 0 Å². The molecule has 0 fully saturated rings. The summed E-state index contributed by atoms with van der Waals surface area (Å²) in [7, 11) is 1.72. The molecule has 268 valence electrons. The van der Waals surface area contributed by atoms with Crippen LogP contribution in [0.25, 0.3) is 0 Å². The van der Waals surface area contributed by atoms with Crippen LogP contribution in [0.3, 0.4) is 0 Å². The number of benzene rings is 2. The number of pyridine rings is 1. The van der Waals surface area contributed by atoms with E-state index >= 15 is 0 Å². The Balaban J connectivity index is 1.24. The van der Waals surface area contributed by atoms with Crippen LogP contribution in [0.4, 0.5) is 11.4 Å². The van der Waals surface area contributed by atoms with Crippen LogP contribution in [-0.4, -0.2) is 43.0 Å². The zero-order chi connectivity index (χ0) is 36.6. The lowest BCUT2D eigenvalue weighted by Gasteiger charge is -2.32. The molecule has 2 aliphatic heterocycles. The highest BCUT2D eigenvalue weighted by Crippen LogP contribution is 2.49. The fraction of sp³-hybridized carbons (Fsp3) is 0.372. The molecule has 0 saturated carbocycles. The highest BCUT2D eigenvalue weighted by atomic mass is 16.5. The Kier molecular flexibility index (Phi) is 11.9. The number of ether oxygens (including phenoxy) is 1. The minimum atomic E-state index is -0.371. The molecular weight excluding hydrogens is 635 g/mol. The van der Waals surface area contributed by atoms with Gasteiger partial charge in [0.05, 0.1) is 13.2 Å². The van der Waals surface area contributed by atoms with Gasteiger partial charge in [-0.05, 0) is 73.4 Å². The molecule has 3 aromatic rings. The number of rotatable bonds is 13.